The maximum absolute atomic E-state index is 12.0. The van der Waals surface area contributed by atoms with E-state index in [0.717, 1.165) is 16.6 Å². The molecule has 1 atom stereocenters. The van der Waals surface area contributed by atoms with Crippen molar-refractivity contribution < 1.29 is 13.7 Å². The van der Waals surface area contributed by atoms with Crippen LogP contribution >= 0.6 is 27.3 Å². The van der Waals surface area contributed by atoms with Crippen molar-refractivity contribution in [3.63, 3.8) is 0 Å². The Hall–Kier alpha value is -0.0400. The molecule has 1 aliphatic rings. The van der Waals surface area contributed by atoms with E-state index < -0.39 is 10.8 Å². The quantitative estimate of drug-likeness (QED) is 0.794. The standard InChI is InChI=1S/C11H13BrO3S2/c12-11-2-1-10(16-11)9(13)7-17(14)8-3-5-15-6-4-8/h1-2,8H,3-7H2. The Bertz CT molecular complexity index is 424. The highest BCUT2D eigenvalue weighted by molar-refractivity contribution is 9.11. The maximum atomic E-state index is 12.0. The molecule has 1 unspecified atom stereocenters. The molecule has 2 rings (SSSR count). The van der Waals surface area contributed by atoms with Crippen molar-refractivity contribution in [2.24, 2.45) is 0 Å². The summed E-state index contributed by atoms with van der Waals surface area (Å²) in [6, 6.07) is 3.62. The first-order valence-corrected chi connectivity index (χ1v) is 8.39. The second kappa shape index (κ2) is 6.22. The molecule has 0 aromatic carbocycles. The van der Waals surface area contributed by atoms with Crippen LogP contribution in [0.5, 0.6) is 0 Å². The average molecular weight is 337 g/mol. The normalized spacial score (nSPS) is 19.1. The molecule has 1 aliphatic heterocycles. The predicted octanol–water partition coefficient (Wildman–Crippen LogP) is 2.62. The zero-order valence-electron chi connectivity index (χ0n) is 9.19. The van der Waals surface area contributed by atoms with Gasteiger partial charge >= 0.3 is 0 Å². The van der Waals surface area contributed by atoms with Crippen LogP contribution in [-0.4, -0.2) is 34.2 Å². The summed E-state index contributed by atoms with van der Waals surface area (Å²) in [7, 11) is -1.07. The van der Waals surface area contributed by atoms with Gasteiger partial charge in [-0.15, -0.1) is 11.3 Å². The van der Waals surface area contributed by atoms with Crippen molar-refractivity contribution in [2.75, 3.05) is 19.0 Å². The van der Waals surface area contributed by atoms with Crippen molar-refractivity contribution in [3.05, 3.63) is 20.8 Å². The summed E-state index contributed by atoms with van der Waals surface area (Å²) in [5.74, 6) is 0.114. The minimum Gasteiger partial charge on any atom is -0.381 e. The number of rotatable bonds is 4. The monoisotopic (exact) mass is 336 g/mol. The average Bonchev–Trinajstić information content (AvgIpc) is 2.77. The lowest BCUT2D eigenvalue weighted by molar-refractivity contribution is 0.0981. The second-order valence-electron chi connectivity index (χ2n) is 3.86. The Morgan fingerprint density at radius 3 is 2.76 bits per heavy atom. The SMILES string of the molecule is O=C(CS(=O)C1CCOCC1)c1ccc(Br)s1. The highest BCUT2D eigenvalue weighted by atomic mass is 79.9. The van der Waals surface area contributed by atoms with Crippen molar-refractivity contribution in [1.82, 2.24) is 0 Å². The third kappa shape index (κ3) is 3.71. The summed E-state index contributed by atoms with van der Waals surface area (Å²) in [5, 5.41) is 0.121. The molecule has 0 N–H and O–H groups in total. The first-order valence-electron chi connectivity index (χ1n) is 5.40. The van der Waals surface area contributed by atoms with Gasteiger partial charge in [0.05, 0.1) is 14.4 Å². The highest BCUT2D eigenvalue weighted by Gasteiger charge is 2.23. The molecule has 3 nitrogen and oxygen atoms in total. The lowest BCUT2D eigenvalue weighted by Crippen LogP contribution is -2.28. The molecule has 94 valence electrons. The van der Waals surface area contributed by atoms with Gasteiger partial charge in [0.15, 0.2) is 5.78 Å². The van der Waals surface area contributed by atoms with Crippen molar-refractivity contribution >= 4 is 43.8 Å². The molecule has 0 radical (unpaired) electrons. The van der Waals surface area contributed by atoms with Crippen LogP contribution in [0, 0.1) is 0 Å². The fraction of sp³-hybridized carbons (Fsp3) is 0.545. The predicted molar refractivity (Wildman–Crippen MR) is 73.2 cm³/mol. The van der Waals surface area contributed by atoms with E-state index in [2.05, 4.69) is 15.9 Å². The van der Waals surface area contributed by atoms with E-state index in [-0.39, 0.29) is 16.8 Å². The molecule has 0 bridgehead atoms. The van der Waals surface area contributed by atoms with E-state index in [1.54, 1.807) is 6.07 Å². The maximum Gasteiger partial charge on any atom is 0.185 e. The molecule has 0 saturated carbocycles. The summed E-state index contributed by atoms with van der Waals surface area (Å²) in [5.41, 5.74) is 0. The molecule has 2 heterocycles. The summed E-state index contributed by atoms with van der Waals surface area (Å²) in [6.45, 7) is 1.32. The summed E-state index contributed by atoms with van der Waals surface area (Å²) >= 11 is 4.71. The summed E-state index contributed by atoms with van der Waals surface area (Å²) in [6.07, 6.45) is 1.60. The van der Waals surface area contributed by atoms with Gasteiger partial charge in [-0.2, -0.15) is 0 Å². The first-order chi connectivity index (χ1) is 8.16. The van der Waals surface area contributed by atoms with Crippen LogP contribution in [0.4, 0.5) is 0 Å². The van der Waals surface area contributed by atoms with Crippen LogP contribution in [0.1, 0.15) is 22.5 Å². The number of ether oxygens (including phenoxy) is 1. The summed E-state index contributed by atoms with van der Waals surface area (Å²) in [4.78, 5) is 12.6. The topological polar surface area (TPSA) is 43.4 Å². The molecule has 1 saturated heterocycles. The van der Waals surface area contributed by atoms with Gasteiger partial charge in [0, 0.05) is 29.3 Å². The molecule has 0 spiro atoms. The Labute approximate surface area is 115 Å². The fourth-order valence-corrected chi connectivity index (χ4v) is 4.50. The lowest BCUT2D eigenvalue weighted by atomic mass is 10.2. The van der Waals surface area contributed by atoms with E-state index in [1.807, 2.05) is 6.07 Å². The van der Waals surface area contributed by atoms with Crippen LogP contribution in [0.2, 0.25) is 0 Å². The largest absolute Gasteiger partial charge is 0.381 e. The van der Waals surface area contributed by atoms with Gasteiger partial charge in [0.2, 0.25) is 0 Å². The third-order valence-corrected chi connectivity index (χ3v) is 6.09. The number of hydrogen-bond donors (Lipinski definition) is 0. The zero-order valence-corrected chi connectivity index (χ0v) is 12.4. The highest BCUT2D eigenvalue weighted by Crippen LogP contribution is 2.23. The molecule has 1 fully saturated rings. The van der Waals surface area contributed by atoms with Crippen molar-refractivity contribution in [2.45, 2.75) is 18.1 Å². The molecule has 6 heteroatoms. The molecular formula is C11H13BrO3S2. The molecule has 0 aliphatic carbocycles. The van der Waals surface area contributed by atoms with E-state index >= 15 is 0 Å². The number of carbonyl (C=O) groups excluding carboxylic acids is 1. The molecule has 1 aromatic heterocycles. The number of hydrogen-bond acceptors (Lipinski definition) is 4. The number of thiophene rings is 1. The van der Waals surface area contributed by atoms with Gasteiger partial charge in [-0.25, -0.2) is 0 Å². The number of ketones is 1. The Morgan fingerprint density at radius 2 is 2.18 bits per heavy atom. The molecular weight excluding hydrogens is 324 g/mol. The van der Waals surface area contributed by atoms with Gasteiger partial charge in [0.1, 0.15) is 0 Å². The minimum atomic E-state index is -1.07. The van der Waals surface area contributed by atoms with Gasteiger partial charge in [0.25, 0.3) is 0 Å². The van der Waals surface area contributed by atoms with E-state index in [1.165, 1.54) is 11.3 Å². The van der Waals surface area contributed by atoms with Gasteiger partial charge in [-0.05, 0) is 40.9 Å². The van der Waals surface area contributed by atoms with E-state index in [0.29, 0.717) is 18.1 Å². The second-order valence-corrected chi connectivity index (χ2v) is 8.04. The van der Waals surface area contributed by atoms with Gasteiger partial charge in [-0.3, -0.25) is 9.00 Å². The smallest absolute Gasteiger partial charge is 0.185 e. The minimum absolute atomic E-state index is 0.0227. The van der Waals surface area contributed by atoms with Crippen LogP contribution in [0.15, 0.2) is 15.9 Å². The molecule has 1 aromatic rings. The van der Waals surface area contributed by atoms with E-state index in [4.69, 9.17) is 4.74 Å². The summed E-state index contributed by atoms with van der Waals surface area (Å²) < 4.78 is 18.2. The first kappa shape index (κ1) is 13.4. The van der Waals surface area contributed by atoms with Gasteiger partial charge < -0.3 is 4.74 Å². The number of carbonyl (C=O) groups is 1. The fourth-order valence-electron chi connectivity index (χ4n) is 1.72. The van der Waals surface area contributed by atoms with Crippen LogP contribution in [0.3, 0.4) is 0 Å². The number of Topliss-reactive ketones (excluding diaryl/α,β-unsaturated/α-hetero) is 1. The lowest BCUT2D eigenvalue weighted by Gasteiger charge is -2.20. The van der Waals surface area contributed by atoms with Crippen LogP contribution in [-0.2, 0) is 15.5 Å². The zero-order chi connectivity index (χ0) is 12.3. The molecule has 0 amide bonds. The Kier molecular flexibility index (Phi) is 4.90. The van der Waals surface area contributed by atoms with Gasteiger partial charge in [-0.1, -0.05) is 0 Å². The van der Waals surface area contributed by atoms with Crippen LogP contribution in [0.25, 0.3) is 0 Å². The Balaban J connectivity index is 1.91. The molecule has 17 heavy (non-hydrogen) atoms. The van der Waals surface area contributed by atoms with E-state index in [9.17, 15) is 9.00 Å². The number of halogens is 1. The Morgan fingerprint density at radius 1 is 1.47 bits per heavy atom. The third-order valence-electron chi connectivity index (χ3n) is 2.66. The van der Waals surface area contributed by atoms with Crippen molar-refractivity contribution in [1.29, 1.82) is 0 Å². The van der Waals surface area contributed by atoms with Crippen LogP contribution < -0.4 is 0 Å². The van der Waals surface area contributed by atoms with Crippen molar-refractivity contribution in [3.8, 4) is 0 Å².